The number of rotatable bonds is 13. The lowest BCUT2D eigenvalue weighted by atomic mass is 9.75. The smallest absolute Gasteiger partial charge is 0.353 e. The van der Waals surface area contributed by atoms with Crippen molar-refractivity contribution >= 4 is 39.7 Å². The summed E-state index contributed by atoms with van der Waals surface area (Å²) in [6.07, 6.45) is -6.64. The fourth-order valence-electron chi connectivity index (χ4n) is 5.70. The van der Waals surface area contributed by atoms with Crippen LogP contribution < -0.4 is 21.3 Å². The zero-order chi connectivity index (χ0) is 39.4. The fourth-order valence-corrected chi connectivity index (χ4v) is 6.59. The Morgan fingerprint density at radius 2 is 1.40 bits per heavy atom. The maximum atomic E-state index is 14.3. The van der Waals surface area contributed by atoms with E-state index in [2.05, 4.69) is 21.3 Å². The number of Topliss-reactive ketones (excluding diaryl/α,β-unsaturated/α-hetero) is 1. The number of hydrogen-bond acceptors (Lipinski definition) is 7. The van der Waals surface area contributed by atoms with Crippen LogP contribution in [0.3, 0.4) is 0 Å². The van der Waals surface area contributed by atoms with E-state index in [1.807, 2.05) is 41.5 Å². The Hall–Kier alpha value is -2.99. The molecule has 0 radical (unpaired) electrons. The molecule has 1 aliphatic heterocycles. The molecule has 0 bridgehead atoms. The van der Waals surface area contributed by atoms with Crippen molar-refractivity contribution < 1.29 is 45.6 Å². The summed E-state index contributed by atoms with van der Waals surface area (Å²) in [6, 6.07) is -5.72. The van der Waals surface area contributed by atoms with Crippen molar-refractivity contribution in [3.8, 4) is 0 Å². The van der Waals surface area contributed by atoms with Crippen molar-refractivity contribution in [2.45, 2.75) is 112 Å². The molecule has 0 aromatic heterocycles. The molecule has 18 heteroatoms. The van der Waals surface area contributed by atoms with Gasteiger partial charge in [0, 0.05) is 53.7 Å². The van der Waals surface area contributed by atoms with Crippen molar-refractivity contribution in [2.24, 2.45) is 22.2 Å². The summed E-state index contributed by atoms with van der Waals surface area (Å²) < 4.78 is 66.9. The highest BCUT2D eigenvalue weighted by Gasteiger charge is 2.50. The van der Waals surface area contributed by atoms with E-state index in [4.69, 9.17) is 0 Å². The Bertz CT molecular complexity index is 1350. The number of ketones is 1. The van der Waals surface area contributed by atoms with Crippen molar-refractivity contribution in [3.63, 3.8) is 0 Å². The van der Waals surface area contributed by atoms with E-state index in [-0.39, 0.29) is 13.1 Å². The van der Waals surface area contributed by atoms with Crippen LogP contribution in [0.5, 0.6) is 0 Å². The van der Waals surface area contributed by atoms with Crippen LogP contribution in [0.4, 0.5) is 18.0 Å². The Morgan fingerprint density at radius 3 is 1.82 bits per heavy atom. The minimum absolute atomic E-state index is 0.0726. The Morgan fingerprint density at radius 1 is 0.860 bits per heavy atom. The first kappa shape index (κ1) is 45.0. The van der Waals surface area contributed by atoms with Gasteiger partial charge in [-0.15, -0.1) is 0 Å². The molecule has 1 saturated heterocycles. The minimum atomic E-state index is -4.66. The quantitative estimate of drug-likeness (QED) is 0.209. The average Bonchev–Trinajstić information content (AvgIpc) is 3.41. The average molecular weight is 742 g/mol. The van der Waals surface area contributed by atoms with Gasteiger partial charge >= 0.3 is 12.2 Å². The third kappa shape index (κ3) is 12.4. The molecule has 0 aromatic carbocycles. The van der Waals surface area contributed by atoms with Crippen LogP contribution in [0.2, 0.25) is 0 Å². The topological polar surface area (TPSA) is 177 Å². The summed E-state index contributed by atoms with van der Waals surface area (Å²) in [7, 11) is 1.49. The number of urea groups is 1. The summed E-state index contributed by atoms with van der Waals surface area (Å²) >= 11 is 0. The second kappa shape index (κ2) is 16.6. The molecular weight excluding hydrogens is 683 g/mol. The fraction of sp³-hybridized carbons (Fsp3) is 0.844. The lowest BCUT2D eigenvalue weighted by molar-refractivity contribution is -0.148. The summed E-state index contributed by atoms with van der Waals surface area (Å²) in [5.74, 6) is -4.46. The Labute approximate surface area is 295 Å². The van der Waals surface area contributed by atoms with Crippen LogP contribution in [0, 0.1) is 22.2 Å². The van der Waals surface area contributed by atoms with Gasteiger partial charge in [0.25, 0.3) is 16.1 Å². The van der Waals surface area contributed by atoms with E-state index in [0.29, 0.717) is 6.42 Å². The summed E-state index contributed by atoms with van der Waals surface area (Å²) in [5, 5.41) is 9.93. The second-order valence-corrected chi connectivity index (χ2v) is 18.6. The minimum Gasteiger partial charge on any atom is -0.353 e. The van der Waals surface area contributed by atoms with Crippen molar-refractivity contribution in [1.82, 2.24) is 34.8 Å². The first-order valence-electron chi connectivity index (χ1n) is 16.5. The van der Waals surface area contributed by atoms with Gasteiger partial charge in [0.05, 0.1) is 6.04 Å². The summed E-state index contributed by atoms with van der Waals surface area (Å²) in [6.45, 7) is 16.1. The highest BCUT2D eigenvalue weighted by atomic mass is 32.2. The summed E-state index contributed by atoms with van der Waals surface area (Å²) in [4.78, 5) is 67.9. The van der Waals surface area contributed by atoms with Crippen molar-refractivity contribution in [1.29, 1.82) is 0 Å². The molecule has 1 fully saturated rings. The molecule has 1 rings (SSSR count). The van der Waals surface area contributed by atoms with Gasteiger partial charge in [0.1, 0.15) is 12.1 Å². The number of likely N-dealkylation sites (N-methyl/N-ethyl adjacent to an activating group) is 2. The van der Waals surface area contributed by atoms with Crippen LogP contribution in [0.25, 0.3) is 0 Å². The predicted octanol–water partition coefficient (Wildman–Crippen LogP) is 2.26. The van der Waals surface area contributed by atoms with Crippen LogP contribution in [-0.4, -0.2) is 123 Å². The second-order valence-electron chi connectivity index (χ2n) is 16.3. The zero-order valence-electron chi connectivity index (χ0n) is 31.7. The summed E-state index contributed by atoms with van der Waals surface area (Å²) in [5.41, 5.74) is -2.12. The van der Waals surface area contributed by atoms with Crippen molar-refractivity contribution in [3.05, 3.63) is 0 Å². The van der Waals surface area contributed by atoms with Crippen LogP contribution in [-0.2, 0) is 29.4 Å². The van der Waals surface area contributed by atoms with Gasteiger partial charge in [-0.05, 0) is 35.0 Å². The molecule has 14 nitrogen and oxygen atoms in total. The number of likely N-dealkylation sites (tertiary alicyclic amines) is 1. The maximum absolute atomic E-state index is 14.3. The number of carbonyl (C=O) groups is 5. The van der Waals surface area contributed by atoms with Crippen LogP contribution in [0.1, 0.15) is 81.6 Å². The van der Waals surface area contributed by atoms with E-state index in [1.165, 1.54) is 26.0 Å². The predicted molar refractivity (Wildman–Crippen MR) is 183 cm³/mol. The Kier molecular flexibility index (Phi) is 14.9. The number of halogens is 3. The monoisotopic (exact) mass is 741 g/mol. The highest BCUT2D eigenvalue weighted by molar-refractivity contribution is 7.86. The molecule has 0 aromatic rings. The molecule has 2 unspecified atom stereocenters. The van der Waals surface area contributed by atoms with Crippen molar-refractivity contribution in [2.75, 3.05) is 41.3 Å². The Balaban J connectivity index is 3.48. The molecule has 0 saturated carbocycles. The molecule has 1 aliphatic rings. The molecule has 0 aliphatic carbocycles. The van der Waals surface area contributed by atoms with Gasteiger partial charge in [0.15, 0.2) is 0 Å². The first-order chi connectivity index (χ1) is 22.4. The number of alkyl halides is 3. The standard InChI is InChI=1S/C32H58F3N7O7S/c1-29(2,3)19-15-17-42(22(19)25(44)37-20(14-16-32(33,34)35)23(43)26(45)36-10)27(46)24(31(7,8)9)39-28(47)38-21(30(4,5)6)18-41(13)50(48,49)40(11)12/h19-22,24H,14-18H2,1-13H3,(H,36,45)(H,37,44)(H2,38,39,47)/t19-,20?,21+,22?,24+/m0/s1. The maximum Gasteiger partial charge on any atom is 0.389 e. The zero-order valence-corrected chi connectivity index (χ0v) is 32.5. The van der Waals surface area contributed by atoms with E-state index in [1.54, 1.807) is 20.8 Å². The van der Waals surface area contributed by atoms with E-state index >= 15 is 0 Å². The first-order valence-corrected chi connectivity index (χ1v) is 17.9. The largest absolute Gasteiger partial charge is 0.389 e. The van der Waals surface area contributed by atoms with E-state index in [0.717, 1.165) is 15.7 Å². The molecule has 1 heterocycles. The van der Waals surface area contributed by atoms with Gasteiger partial charge in [-0.25, -0.2) is 4.79 Å². The molecular formula is C32H58F3N7O7S. The number of hydrogen-bond donors (Lipinski definition) is 4. The van der Waals surface area contributed by atoms with Gasteiger partial charge in [0.2, 0.25) is 17.6 Å². The molecule has 4 N–H and O–H groups in total. The normalized spacial score (nSPS) is 19.5. The molecule has 5 atom stereocenters. The number of nitrogens with zero attached hydrogens (tertiary/aromatic N) is 3. The number of nitrogens with one attached hydrogen (secondary N) is 4. The molecule has 50 heavy (non-hydrogen) atoms. The van der Waals surface area contributed by atoms with E-state index in [9.17, 15) is 45.6 Å². The van der Waals surface area contributed by atoms with Gasteiger partial charge in [-0.2, -0.15) is 30.2 Å². The van der Waals surface area contributed by atoms with Crippen LogP contribution in [0.15, 0.2) is 0 Å². The van der Waals surface area contributed by atoms with Gasteiger partial charge < -0.3 is 26.2 Å². The lowest BCUT2D eigenvalue weighted by Crippen LogP contribution is -2.62. The van der Waals surface area contributed by atoms with Crippen LogP contribution >= 0.6 is 0 Å². The van der Waals surface area contributed by atoms with Gasteiger partial charge in [-0.1, -0.05) is 62.3 Å². The highest BCUT2D eigenvalue weighted by Crippen LogP contribution is 2.40. The SMILES string of the molecule is CNC(=O)C(=O)C(CCC(F)(F)F)NC(=O)C1[C@@H](C(C)(C)C)CCN1C(=O)[C@@H](NC(=O)N[C@H](CN(C)S(=O)(=O)N(C)C)C(C)(C)C)C(C)(C)C. The number of amides is 5. The lowest BCUT2D eigenvalue weighted by Gasteiger charge is -2.39. The number of carbonyl (C=O) groups excluding carboxylic acids is 5. The molecule has 5 amide bonds. The third-order valence-corrected chi connectivity index (χ3v) is 10.8. The third-order valence-electron chi connectivity index (χ3n) is 8.90. The molecule has 290 valence electrons. The molecule has 0 spiro atoms. The van der Waals surface area contributed by atoms with E-state index < -0.39 is 105 Å². The van der Waals surface area contributed by atoms with Gasteiger partial charge in [-0.3, -0.25) is 19.2 Å².